The summed E-state index contributed by atoms with van der Waals surface area (Å²) in [6.45, 7) is 4.85. The van der Waals surface area contributed by atoms with Crippen molar-refractivity contribution < 1.29 is 0 Å². The highest BCUT2D eigenvalue weighted by Crippen LogP contribution is 2.15. The summed E-state index contributed by atoms with van der Waals surface area (Å²) in [5.41, 5.74) is 4.61. The Balaban J connectivity index is 1.69. The first-order valence-electron chi connectivity index (χ1n) is 7.52. The molecule has 116 valence electrons. The van der Waals surface area contributed by atoms with E-state index < -0.39 is 0 Å². The lowest BCUT2D eigenvalue weighted by Gasteiger charge is -2.09. The smallest absolute Gasteiger partial charge is 0.249 e. The normalized spacial score (nSPS) is 10.3. The molecule has 0 aliphatic carbocycles. The van der Waals surface area contributed by atoms with E-state index in [1.807, 2.05) is 43.3 Å². The van der Waals surface area contributed by atoms with E-state index in [-0.39, 0.29) is 0 Å². The molecule has 3 rings (SSSR count). The highest BCUT2D eigenvalue weighted by Gasteiger charge is 2.03. The van der Waals surface area contributed by atoms with Crippen molar-refractivity contribution >= 4 is 17.5 Å². The van der Waals surface area contributed by atoms with E-state index in [9.17, 15) is 0 Å². The van der Waals surface area contributed by atoms with Gasteiger partial charge >= 0.3 is 0 Å². The highest BCUT2D eigenvalue weighted by molar-refractivity contribution is 5.55. The van der Waals surface area contributed by atoms with Gasteiger partial charge in [0.1, 0.15) is 0 Å². The molecule has 5 heteroatoms. The van der Waals surface area contributed by atoms with Gasteiger partial charge in [-0.05, 0) is 42.7 Å². The van der Waals surface area contributed by atoms with Gasteiger partial charge in [0.25, 0.3) is 0 Å². The molecule has 0 aliphatic heterocycles. The summed E-state index contributed by atoms with van der Waals surface area (Å²) in [6.07, 6.45) is 1.62. The van der Waals surface area contributed by atoms with Crippen LogP contribution >= 0.6 is 0 Å². The SMILES string of the molecule is Cc1cccc(Nc2nncc(NCc3ccccc3C)n2)c1. The second-order valence-corrected chi connectivity index (χ2v) is 5.44. The molecular weight excluding hydrogens is 286 g/mol. The van der Waals surface area contributed by atoms with Crippen LogP contribution in [0.1, 0.15) is 16.7 Å². The molecule has 1 aromatic heterocycles. The van der Waals surface area contributed by atoms with Crippen LogP contribution in [0, 0.1) is 13.8 Å². The standard InChI is InChI=1S/C18H19N5/c1-13-6-5-9-16(10-13)21-18-22-17(12-20-23-18)19-11-15-8-4-3-7-14(15)2/h3-10,12H,11H2,1-2H3,(H2,19,21,22,23). The van der Waals surface area contributed by atoms with Gasteiger partial charge < -0.3 is 10.6 Å². The number of nitrogens with zero attached hydrogens (tertiary/aromatic N) is 3. The second kappa shape index (κ2) is 6.87. The Morgan fingerprint density at radius 3 is 2.70 bits per heavy atom. The average Bonchev–Trinajstić information content (AvgIpc) is 2.54. The number of rotatable bonds is 5. The first kappa shape index (κ1) is 15.0. The Kier molecular flexibility index (Phi) is 4.47. The molecule has 0 fully saturated rings. The summed E-state index contributed by atoms with van der Waals surface area (Å²) in [5.74, 6) is 1.17. The lowest BCUT2D eigenvalue weighted by molar-refractivity contribution is 0.964. The number of hydrogen-bond acceptors (Lipinski definition) is 5. The van der Waals surface area contributed by atoms with Gasteiger partial charge in [-0.3, -0.25) is 0 Å². The monoisotopic (exact) mass is 305 g/mol. The molecule has 0 spiro atoms. The number of nitrogens with one attached hydrogen (secondary N) is 2. The van der Waals surface area contributed by atoms with E-state index in [0.29, 0.717) is 18.3 Å². The van der Waals surface area contributed by atoms with Gasteiger partial charge in [-0.1, -0.05) is 36.4 Å². The van der Waals surface area contributed by atoms with Gasteiger partial charge in [0.05, 0.1) is 6.20 Å². The zero-order valence-electron chi connectivity index (χ0n) is 13.2. The lowest BCUT2D eigenvalue weighted by Crippen LogP contribution is -2.06. The maximum absolute atomic E-state index is 4.45. The fourth-order valence-corrected chi connectivity index (χ4v) is 2.29. The first-order valence-corrected chi connectivity index (χ1v) is 7.52. The maximum Gasteiger partial charge on any atom is 0.249 e. The minimum Gasteiger partial charge on any atom is -0.365 e. The van der Waals surface area contributed by atoms with E-state index in [1.54, 1.807) is 6.20 Å². The molecule has 0 saturated heterocycles. The van der Waals surface area contributed by atoms with Crippen LogP contribution in [0.4, 0.5) is 17.5 Å². The Labute approximate surface area is 135 Å². The van der Waals surface area contributed by atoms with Crippen molar-refractivity contribution in [1.82, 2.24) is 15.2 Å². The zero-order valence-corrected chi connectivity index (χ0v) is 13.2. The van der Waals surface area contributed by atoms with Gasteiger partial charge in [-0.15, -0.1) is 5.10 Å². The average molecular weight is 305 g/mol. The van der Waals surface area contributed by atoms with Crippen LogP contribution in [-0.4, -0.2) is 15.2 Å². The van der Waals surface area contributed by atoms with E-state index in [2.05, 4.69) is 44.9 Å². The summed E-state index contributed by atoms with van der Waals surface area (Å²) in [7, 11) is 0. The van der Waals surface area contributed by atoms with Gasteiger partial charge in [0.15, 0.2) is 5.82 Å². The van der Waals surface area contributed by atoms with Crippen molar-refractivity contribution in [3.05, 3.63) is 71.4 Å². The molecule has 0 amide bonds. The van der Waals surface area contributed by atoms with E-state index in [4.69, 9.17) is 0 Å². The Bertz CT molecular complexity index is 801. The first-order chi connectivity index (χ1) is 11.2. The topological polar surface area (TPSA) is 62.7 Å². The predicted octanol–water partition coefficient (Wildman–Crippen LogP) is 3.84. The summed E-state index contributed by atoms with van der Waals surface area (Å²) in [4.78, 5) is 4.45. The largest absolute Gasteiger partial charge is 0.365 e. The molecule has 0 radical (unpaired) electrons. The third-order valence-electron chi connectivity index (χ3n) is 3.55. The van der Waals surface area contributed by atoms with E-state index >= 15 is 0 Å². The molecule has 0 unspecified atom stereocenters. The van der Waals surface area contributed by atoms with E-state index in [0.717, 1.165) is 5.69 Å². The van der Waals surface area contributed by atoms with Crippen LogP contribution < -0.4 is 10.6 Å². The summed E-state index contributed by atoms with van der Waals surface area (Å²) >= 11 is 0. The zero-order chi connectivity index (χ0) is 16.1. The molecule has 2 N–H and O–H groups in total. The van der Waals surface area contributed by atoms with Crippen molar-refractivity contribution in [2.24, 2.45) is 0 Å². The van der Waals surface area contributed by atoms with Crippen LogP contribution in [0.3, 0.4) is 0 Å². The second-order valence-electron chi connectivity index (χ2n) is 5.44. The van der Waals surface area contributed by atoms with Gasteiger partial charge in [0.2, 0.25) is 5.95 Å². The molecule has 0 atom stereocenters. The lowest BCUT2D eigenvalue weighted by atomic mass is 10.1. The molecule has 1 heterocycles. The number of aryl methyl sites for hydroxylation is 2. The number of aromatic nitrogens is 3. The molecular formula is C18H19N5. The minimum absolute atomic E-state index is 0.477. The van der Waals surface area contributed by atoms with Crippen LogP contribution in [0.25, 0.3) is 0 Å². The summed E-state index contributed by atoms with van der Waals surface area (Å²) in [6, 6.07) is 16.3. The predicted molar refractivity (Wildman–Crippen MR) is 92.8 cm³/mol. The fourth-order valence-electron chi connectivity index (χ4n) is 2.29. The highest BCUT2D eigenvalue weighted by atomic mass is 15.3. The Hall–Kier alpha value is -2.95. The van der Waals surface area contributed by atoms with Crippen molar-refractivity contribution in [1.29, 1.82) is 0 Å². The quantitative estimate of drug-likeness (QED) is 0.750. The molecule has 2 aromatic carbocycles. The molecule has 23 heavy (non-hydrogen) atoms. The minimum atomic E-state index is 0.477. The van der Waals surface area contributed by atoms with Gasteiger partial charge in [-0.2, -0.15) is 10.1 Å². The number of benzene rings is 2. The molecule has 3 aromatic rings. The number of hydrogen-bond donors (Lipinski definition) is 2. The third-order valence-corrected chi connectivity index (χ3v) is 3.55. The molecule has 0 aliphatic rings. The van der Waals surface area contributed by atoms with Crippen LogP contribution in [-0.2, 0) is 6.54 Å². The molecule has 0 bridgehead atoms. The van der Waals surface area contributed by atoms with Crippen molar-refractivity contribution in [3.8, 4) is 0 Å². The van der Waals surface area contributed by atoms with E-state index in [1.165, 1.54) is 16.7 Å². The Morgan fingerprint density at radius 1 is 1.00 bits per heavy atom. The van der Waals surface area contributed by atoms with Gasteiger partial charge in [0, 0.05) is 12.2 Å². The summed E-state index contributed by atoms with van der Waals surface area (Å²) < 4.78 is 0. The molecule has 0 saturated carbocycles. The Morgan fingerprint density at radius 2 is 1.87 bits per heavy atom. The summed E-state index contributed by atoms with van der Waals surface area (Å²) in [5, 5.41) is 14.5. The van der Waals surface area contributed by atoms with Crippen LogP contribution in [0.15, 0.2) is 54.7 Å². The third kappa shape index (κ3) is 4.03. The fraction of sp³-hybridized carbons (Fsp3) is 0.167. The van der Waals surface area contributed by atoms with Crippen molar-refractivity contribution in [2.75, 3.05) is 10.6 Å². The maximum atomic E-state index is 4.45. The van der Waals surface area contributed by atoms with Crippen LogP contribution in [0.5, 0.6) is 0 Å². The van der Waals surface area contributed by atoms with Gasteiger partial charge in [-0.25, -0.2) is 0 Å². The number of anilines is 3. The van der Waals surface area contributed by atoms with Crippen molar-refractivity contribution in [3.63, 3.8) is 0 Å². The van der Waals surface area contributed by atoms with Crippen LogP contribution in [0.2, 0.25) is 0 Å². The van der Waals surface area contributed by atoms with Crippen molar-refractivity contribution in [2.45, 2.75) is 20.4 Å². The molecule has 5 nitrogen and oxygen atoms in total.